The summed E-state index contributed by atoms with van der Waals surface area (Å²) in [6, 6.07) is 0.736. The zero-order valence-corrected chi connectivity index (χ0v) is 13.8. The maximum absolute atomic E-state index is 11.9. The largest absolute Gasteiger partial charge is 0.370 e. The van der Waals surface area contributed by atoms with Crippen molar-refractivity contribution in [1.82, 2.24) is 4.90 Å². The number of carbonyl (C=O) groups is 1. The quantitative estimate of drug-likeness (QED) is 0.634. The van der Waals surface area contributed by atoms with Crippen LogP contribution in [-0.2, 0) is 14.6 Å². The molecule has 124 valence electrons. The molecule has 6 nitrogen and oxygen atoms in total. The Morgan fingerprint density at radius 1 is 1.14 bits per heavy atom. The van der Waals surface area contributed by atoms with Gasteiger partial charge >= 0.3 is 0 Å². The average Bonchev–Trinajstić information content (AvgIpc) is 2.42. The fourth-order valence-electron chi connectivity index (χ4n) is 2.85. The summed E-state index contributed by atoms with van der Waals surface area (Å²) in [7, 11) is -3.21. The van der Waals surface area contributed by atoms with Gasteiger partial charge in [0.2, 0.25) is 5.91 Å². The first-order chi connectivity index (χ1) is 9.84. The van der Waals surface area contributed by atoms with Crippen LogP contribution in [0.1, 0.15) is 45.4 Å². The van der Waals surface area contributed by atoms with Gasteiger partial charge in [0.15, 0.2) is 9.84 Å². The molecule has 1 amide bonds. The zero-order valence-electron chi connectivity index (χ0n) is 13.0. The average molecular weight is 319 g/mol. The smallest absolute Gasteiger partial charge is 0.218 e. The molecule has 7 heteroatoms. The number of sulfone groups is 1. The summed E-state index contributed by atoms with van der Waals surface area (Å²) < 4.78 is 23.8. The van der Waals surface area contributed by atoms with Gasteiger partial charge in [-0.1, -0.05) is 6.92 Å². The molecule has 1 aliphatic carbocycles. The molecule has 1 aliphatic rings. The van der Waals surface area contributed by atoms with Gasteiger partial charge in [0.25, 0.3) is 0 Å². The second kappa shape index (κ2) is 8.70. The Morgan fingerprint density at radius 2 is 1.76 bits per heavy atom. The second-order valence-electron chi connectivity index (χ2n) is 5.97. The summed E-state index contributed by atoms with van der Waals surface area (Å²) in [5.74, 6) is -0.606. The number of carbonyl (C=O) groups excluding carboxylic acids is 1. The summed E-state index contributed by atoms with van der Waals surface area (Å²) in [5, 5.41) is 0. The van der Waals surface area contributed by atoms with Crippen molar-refractivity contribution in [2.45, 2.75) is 57.5 Å². The van der Waals surface area contributed by atoms with E-state index in [-0.39, 0.29) is 17.9 Å². The van der Waals surface area contributed by atoms with Crippen LogP contribution >= 0.6 is 0 Å². The third kappa shape index (κ3) is 7.24. The molecule has 0 aliphatic heterocycles. The van der Waals surface area contributed by atoms with Crippen LogP contribution in [0.5, 0.6) is 0 Å². The van der Waals surface area contributed by atoms with Crippen LogP contribution in [0.3, 0.4) is 0 Å². The molecule has 0 bridgehead atoms. The monoisotopic (exact) mass is 319 g/mol. The van der Waals surface area contributed by atoms with Crippen molar-refractivity contribution in [3.63, 3.8) is 0 Å². The van der Waals surface area contributed by atoms with Gasteiger partial charge in [-0.25, -0.2) is 8.42 Å². The van der Waals surface area contributed by atoms with Crippen molar-refractivity contribution in [3.05, 3.63) is 0 Å². The lowest BCUT2D eigenvalue weighted by Gasteiger charge is -2.36. The van der Waals surface area contributed by atoms with Crippen molar-refractivity contribution in [1.29, 1.82) is 0 Å². The molecule has 1 fully saturated rings. The van der Waals surface area contributed by atoms with Crippen LogP contribution in [0.15, 0.2) is 0 Å². The van der Waals surface area contributed by atoms with E-state index in [0.717, 1.165) is 38.6 Å². The van der Waals surface area contributed by atoms with Gasteiger partial charge in [0.05, 0.1) is 11.5 Å². The Hall–Kier alpha value is -0.660. The van der Waals surface area contributed by atoms with Crippen molar-refractivity contribution >= 4 is 15.7 Å². The molecule has 0 radical (unpaired) electrons. The van der Waals surface area contributed by atoms with E-state index in [1.807, 2.05) is 0 Å². The van der Waals surface area contributed by atoms with E-state index in [1.165, 1.54) is 0 Å². The minimum Gasteiger partial charge on any atom is -0.370 e. The van der Waals surface area contributed by atoms with E-state index in [1.54, 1.807) is 0 Å². The topological polar surface area (TPSA) is 106 Å². The highest BCUT2D eigenvalue weighted by atomic mass is 32.2. The fraction of sp³-hybridized carbons (Fsp3) is 0.929. The summed E-state index contributed by atoms with van der Waals surface area (Å²) in [6.45, 7) is 3.54. The molecular weight excluding hydrogens is 290 g/mol. The lowest BCUT2D eigenvalue weighted by atomic mass is 9.90. The van der Waals surface area contributed by atoms with Crippen molar-refractivity contribution in [3.8, 4) is 0 Å². The molecule has 0 aromatic heterocycles. The summed E-state index contributed by atoms with van der Waals surface area (Å²) in [4.78, 5) is 13.0. The third-order valence-electron chi connectivity index (χ3n) is 4.12. The van der Waals surface area contributed by atoms with Gasteiger partial charge in [0, 0.05) is 25.0 Å². The Morgan fingerprint density at radius 3 is 2.29 bits per heavy atom. The Labute approximate surface area is 128 Å². The molecular formula is C14H29N3O3S. The molecule has 0 aromatic carbocycles. The fourth-order valence-corrected chi connectivity index (χ4v) is 4.07. The highest BCUT2D eigenvalue weighted by molar-refractivity contribution is 7.91. The molecule has 0 unspecified atom stereocenters. The first kappa shape index (κ1) is 18.4. The summed E-state index contributed by atoms with van der Waals surface area (Å²) >= 11 is 0. The molecule has 0 heterocycles. The number of primary amides is 1. The number of hydrogen-bond donors (Lipinski definition) is 2. The number of hydrogen-bond acceptors (Lipinski definition) is 5. The SMILES string of the molecule is CCCN(CCS(=O)(=O)CCC(N)=O)C1CCC(N)CC1. The van der Waals surface area contributed by atoms with Gasteiger partial charge in [-0.2, -0.15) is 0 Å². The second-order valence-corrected chi connectivity index (χ2v) is 8.28. The Bertz CT molecular complexity index is 417. The highest BCUT2D eigenvalue weighted by Crippen LogP contribution is 2.22. The molecule has 0 saturated heterocycles. The predicted octanol–water partition coefficient (Wildman–Crippen LogP) is 0.259. The van der Waals surface area contributed by atoms with Gasteiger partial charge in [-0.05, 0) is 38.6 Å². The number of nitrogens with two attached hydrogens (primary N) is 2. The molecule has 1 rings (SSSR count). The standard InChI is InChI=1S/C14H29N3O3S/c1-2-8-17(13-5-3-12(15)4-6-13)9-11-21(19,20)10-7-14(16)18/h12-13H,2-11,15H2,1H3,(H2,16,18). The van der Waals surface area contributed by atoms with Crippen molar-refractivity contribution in [2.75, 3.05) is 24.6 Å². The predicted molar refractivity (Wildman–Crippen MR) is 84.6 cm³/mol. The zero-order chi connectivity index (χ0) is 15.9. The molecule has 1 saturated carbocycles. The van der Waals surface area contributed by atoms with Gasteiger partial charge in [0.1, 0.15) is 0 Å². The molecule has 0 spiro atoms. The van der Waals surface area contributed by atoms with Gasteiger partial charge in [-0.15, -0.1) is 0 Å². The number of amides is 1. The Balaban J connectivity index is 2.48. The van der Waals surface area contributed by atoms with E-state index < -0.39 is 15.7 Å². The van der Waals surface area contributed by atoms with Gasteiger partial charge in [-0.3, -0.25) is 9.69 Å². The van der Waals surface area contributed by atoms with Crippen LogP contribution in [0.2, 0.25) is 0 Å². The molecule has 0 atom stereocenters. The van der Waals surface area contributed by atoms with E-state index in [9.17, 15) is 13.2 Å². The summed E-state index contributed by atoms with van der Waals surface area (Å²) in [5.41, 5.74) is 10.9. The molecule has 4 N–H and O–H groups in total. The van der Waals surface area contributed by atoms with Gasteiger partial charge < -0.3 is 11.5 Å². The van der Waals surface area contributed by atoms with Crippen LogP contribution < -0.4 is 11.5 Å². The van der Waals surface area contributed by atoms with Crippen molar-refractivity contribution < 1.29 is 13.2 Å². The highest BCUT2D eigenvalue weighted by Gasteiger charge is 2.25. The van der Waals surface area contributed by atoms with E-state index in [2.05, 4.69) is 11.8 Å². The maximum atomic E-state index is 11.9. The number of rotatable bonds is 9. The number of nitrogens with zero attached hydrogens (tertiary/aromatic N) is 1. The minimum atomic E-state index is -3.21. The maximum Gasteiger partial charge on any atom is 0.218 e. The van der Waals surface area contributed by atoms with Crippen LogP contribution in [0, 0.1) is 0 Å². The Kier molecular flexibility index (Phi) is 7.62. The first-order valence-corrected chi connectivity index (χ1v) is 9.64. The van der Waals surface area contributed by atoms with E-state index in [0.29, 0.717) is 18.6 Å². The lowest BCUT2D eigenvalue weighted by molar-refractivity contribution is -0.117. The minimum absolute atomic E-state index is 0.0889. The van der Waals surface area contributed by atoms with Crippen molar-refractivity contribution in [2.24, 2.45) is 11.5 Å². The van der Waals surface area contributed by atoms with Crippen LogP contribution in [0.4, 0.5) is 0 Å². The molecule has 21 heavy (non-hydrogen) atoms. The van der Waals surface area contributed by atoms with Crippen LogP contribution in [0.25, 0.3) is 0 Å². The molecule has 0 aromatic rings. The van der Waals surface area contributed by atoms with E-state index in [4.69, 9.17) is 11.5 Å². The first-order valence-electron chi connectivity index (χ1n) is 7.82. The van der Waals surface area contributed by atoms with E-state index >= 15 is 0 Å². The third-order valence-corrected chi connectivity index (χ3v) is 5.75. The summed E-state index contributed by atoms with van der Waals surface area (Å²) in [6.07, 6.45) is 5.03. The lowest BCUT2D eigenvalue weighted by Crippen LogP contribution is -2.43. The normalized spacial score (nSPS) is 23.4. The van der Waals surface area contributed by atoms with Crippen LogP contribution in [-0.4, -0.2) is 55.9 Å².